The van der Waals surface area contributed by atoms with E-state index in [9.17, 15) is 14.7 Å². The molecule has 2 N–H and O–H groups in total. The van der Waals surface area contributed by atoms with Crippen LogP contribution in [0.5, 0.6) is 0 Å². The van der Waals surface area contributed by atoms with Crippen molar-refractivity contribution in [3.63, 3.8) is 0 Å². The SMILES string of the molecule is CC1=CCC(C(=O)O)(C(=O)NN=Cc2ccc(Br)cc2)C(c2ccc(Br)cc2)C1. The van der Waals surface area contributed by atoms with Crippen molar-refractivity contribution in [1.82, 2.24) is 5.43 Å². The Kier molecular flexibility index (Phi) is 6.70. The molecular weight excluding hydrogens is 500 g/mol. The summed E-state index contributed by atoms with van der Waals surface area (Å²) in [5.74, 6) is -2.25. The van der Waals surface area contributed by atoms with Crippen LogP contribution in [0.2, 0.25) is 0 Å². The molecule has 0 saturated heterocycles. The van der Waals surface area contributed by atoms with Crippen LogP contribution in [-0.2, 0) is 9.59 Å². The Morgan fingerprint density at radius 2 is 1.69 bits per heavy atom. The van der Waals surface area contributed by atoms with E-state index < -0.39 is 23.2 Å². The number of carboxylic acids is 1. The predicted molar refractivity (Wildman–Crippen MR) is 120 cm³/mol. The highest BCUT2D eigenvalue weighted by atomic mass is 79.9. The molecule has 7 heteroatoms. The number of allylic oxidation sites excluding steroid dienone is 2. The van der Waals surface area contributed by atoms with Gasteiger partial charge in [0.2, 0.25) is 0 Å². The van der Waals surface area contributed by atoms with Crippen molar-refractivity contribution in [2.45, 2.75) is 25.7 Å². The molecule has 1 aliphatic rings. The molecule has 2 aromatic rings. The number of amides is 1. The molecule has 29 heavy (non-hydrogen) atoms. The van der Waals surface area contributed by atoms with E-state index in [0.717, 1.165) is 25.6 Å². The molecule has 0 fully saturated rings. The van der Waals surface area contributed by atoms with Gasteiger partial charge in [-0.2, -0.15) is 5.10 Å². The Balaban J connectivity index is 1.91. The van der Waals surface area contributed by atoms with Gasteiger partial charge in [0, 0.05) is 14.9 Å². The predicted octanol–water partition coefficient (Wildman–Crippen LogP) is 5.26. The first kappa shape index (κ1) is 21.5. The van der Waals surface area contributed by atoms with Gasteiger partial charge in [-0.3, -0.25) is 9.59 Å². The van der Waals surface area contributed by atoms with Crippen LogP contribution in [-0.4, -0.2) is 23.2 Å². The molecule has 150 valence electrons. The fourth-order valence-electron chi connectivity index (χ4n) is 3.55. The lowest BCUT2D eigenvalue weighted by atomic mass is 9.64. The van der Waals surface area contributed by atoms with Crippen LogP contribution in [0.1, 0.15) is 36.8 Å². The normalized spacial score (nSPS) is 21.6. The largest absolute Gasteiger partial charge is 0.480 e. The molecule has 2 atom stereocenters. The fraction of sp³-hybridized carbons (Fsp3) is 0.227. The first-order chi connectivity index (χ1) is 13.8. The lowest BCUT2D eigenvalue weighted by Gasteiger charge is -2.38. The van der Waals surface area contributed by atoms with E-state index in [1.54, 1.807) is 0 Å². The van der Waals surface area contributed by atoms with Gasteiger partial charge in [0.25, 0.3) is 5.91 Å². The maximum absolute atomic E-state index is 13.1. The van der Waals surface area contributed by atoms with E-state index in [1.165, 1.54) is 6.21 Å². The van der Waals surface area contributed by atoms with Gasteiger partial charge in [0.15, 0.2) is 5.41 Å². The van der Waals surface area contributed by atoms with Crippen molar-refractivity contribution in [3.05, 3.63) is 80.3 Å². The summed E-state index contributed by atoms with van der Waals surface area (Å²) < 4.78 is 1.83. The average Bonchev–Trinajstić information content (AvgIpc) is 2.70. The monoisotopic (exact) mass is 518 g/mol. The first-order valence-electron chi connectivity index (χ1n) is 9.06. The van der Waals surface area contributed by atoms with Crippen LogP contribution in [0.3, 0.4) is 0 Å². The quantitative estimate of drug-likeness (QED) is 0.245. The summed E-state index contributed by atoms with van der Waals surface area (Å²) in [6.07, 6.45) is 3.95. The van der Waals surface area contributed by atoms with Crippen molar-refractivity contribution >= 4 is 50.0 Å². The number of carbonyl (C=O) groups is 2. The highest BCUT2D eigenvalue weighted by molar-refractivity contribution is 9.10. The van der Waals surface area contributed by atoms with E-state index in [0.29, 0.717) is 6.42 Å². The third-order valence-electron chi connectivity index (χ3n) is 5.20. The highest BCUT2D eigenvalue weighted by Gasteiger charge is 2.53. The number of carbonyl (C=O) groups excluding carboxylic acids is 1. The first-order valence-corrected chi connectivity index (χ1v) is 10.6. The molecule has 0 aliphatic heterocycles. The summed E-state index contributed by atoms with van der Waals surface area (Å²) in [5, 5.41) is 14.1. The van der Waals surface area contributed by atoms with Crippen LogP contribution < -0.4 is 5.43 Å². The van der Waals surface area contributed by atoms with Gasteiger partial charge in [-0.15, -0.1) is 0 Å². The lowest BCUT2D eigenvalue weighted by molar-refractivity contribution is -0.158. The number of benzene rings is 2. The Morgan fingerprint density at radius 3 is 2.28 bits per heavy atom. The summed E-state index contributed by atoms with van der Waals surface area (Å²) in [7, 11) is 0. The molecule has 0 heterocycles. The van der Waals surface area contributed by atoms with Gasteiger partial charge in [-0.25, -0.2) is 5.43 Å². The zero-order valence-corrected chi connectivity index (χ0v) is 18.9. The zero-order chi connectivity index (χ0) is 21.0. The molecular formula is C22H20Br2N2O3. The Hall–Kier alpha value is -2.25. The number of hydrazone groups is 1. The van der Waals surface area contributed by atoms with E-state index in [4.69, 9.17) is 0 Å². The molecule has 5 nitrogen and oxygen atoms in total. The Bertz CT molecular complexity index is 969. The van der Waals surface area contributed by atoms with Crippen LogP contribution in [0, 0.1) is 5.41 Å². The average molecular weight is 520 g/mol. The van der Waals surface area contributed by atoms with Crippen LogP contribution >= 0.6 is 31.9 Å². The third-order valence-corrected chi connectivity index (χ3v) is 6.26. The number of rotatable bonds is 5. The summed E-state index contributed by atoms with van der Waals surface area (Å²) in [6.45, 7) is 1.96. The Labute approximate surface area is 186 Å². The van der Waals surface area contributed by atoms with Gasteiger partial charge in [0.1, 0.15) is 0 Å². The molecule has 0 spiro atoms. The second-order valence-corrected chi connectivity index (χ2v) is 8.92. The minimum atomic E-state index is -1.62. The maximum atomic E-state index is 13.1. The summed E-state index contributed by atoms with van der Waals surface area (Å²) in [5.41, 5.74) is 3.52. The highest BCUT2D eigenvalue weighted by Crippen LogP contribution is 2.47. The molecule has 3 rings (SSSR count). The van der Waals surface area contributed by atoms with Gasteiger partial charge in [-0.05, 0) is 55.2 Å². The van der Waals surface area contributed by atoms with E-state index in [1.807, 2.05) is 61.5 Å². The number of hydrogen-bond acceptors (Lipinski definition) is 3. The fourth-order valence-corrected chi connectivity index (χ4v) is 4.08. The maximum Gasteiger partial charge on any atom is 0.320 e. The standard InChI is InChI=1S/C22H20Br2N2O3/c1-14-10-11-22(21(28)29,19(12-14)16-4-8-18(24)9-5-16)20(27)26-25-13-15-2-6-17(23)7-3-15/h2-10,13,19H,11-12H2,1H3,(H,26,27)(H,28,29). The minimum Gasteiger partial charge on any atom is -0.480 e. The van der Waals surface area contributed by atoms with Crippen molar-refractivity contribution in [2.75, 3.05) is 0 Å². The van der Waals surface area contributed by atoms with E-state index >= 15 is 0 Å². The summed E-state index contributed by atoms with van der Waals surface area (Å²) in [6, 6.07) is 14.8. The van der Waals surface area contributed by atoms with Gasteiger partial charge in [-0.1, -0.05) is 67.8 Å². The Morgan fingerprint density at radius 1 is 1.10 bits per heavy atom. The van der Waals surface area contributed by atoms with Gasteiger partial charge >= 0.3 is 5.97 Å². The molecule has 2 aromatic carbocycles. The van der Waals surface area contributed by atoms with E-state index in [-0.39, 0.29) is 6.42 Å². The molecule has 2 unspecified atom stereocenters. The number of nitrogens with zero attached hydrogens (tertiary/aromatic N) is 1. The number of hydrogen-bond donors (Lipinski definition) is 2. The van der Waals surface area contributed by atoms with Crippen molar-refractivity contribution < 1.29 is 14.7 Å². The number of carboxylic acid groups (broad SMARTS) is 1. The van der Waals surface area contributed by atoms with Crippen LogP contribution in [0.25, 0.3) is 0 Å². The van der Waals surface area contributed by atoms with Gasteiger partial charge in [0.05, 0.1) is 6.21 Å². The molecule has 0 bridgehead atoms. The number of halogens is 2. The molecule has 0 saturated carbocycles. The lowest BCUT2D eigenvalue weighted by Crippen LogP contribution is -2.50. The van der Waals surface area contributed by atoms with E-state index in [2.05, 4.69) is 42.4 Å². The number of aliphatic carboxylic acids is 1. The van der Waals surface area contributed by atoms with Gasteiger partial charge < -0.3 is 5.11 Å². The van der Waals surface area contributed by atoms with Crippen molar-refractivity contribution in [2.24, 2.45) is 10.5 Å². The topological polar surface area (TPSA) is 78.8 Å². The number of nitrogens with one attached hydrogen (secondary N) is 1. The van der Waals surface area contributed by atoms with Crippen molar-refractivity contribution in [3.8, 4) is 0 Å². The zero-order valence-electron chi connectivity index (χ0n) is 15.7. The van der Waals surface area contributed by atoms with Crippen LogP contribution in [0.4, 0.5) is 0 Å². The second-order valence-electron chi connectivity index (χ2n) is 7.09. The minimum absolute atomic E-state index is 0.120. The molecule has 0 radical (unpaired) electrons. The summed E-state index contributed by atoms with van der Waals surface area (Å²) >= 11 is 6.76. The molecule has 1 amide bonds. The summed E-state index contributed by atoms with van der Waals surface area (Å²) in [4.78, 5) is 25.5. The van der Waals surface area contributed by atoms with Crippen molar-refractivity contribution in [1.29, 1.82) is 0 Å². The molecule has 1 aliphatic carbocycles. The van der Waals surface area contributed by atoms with Crippen LogP contribution in [0.15, 0.2) is 74.2 Å². The smallest absolute Gasteiger partial charge is 0.320 e. The third kappa shape index (κ3) is 4.67. The molecule has 0 aromatic heterocycles. The second kappa shape index (κ2) is 9.05.